The first-order valence-corrected chi connectivity index (χ1v) is 7.39. The van der Waals surface area contributed by atoms with Gasteiger partial charge in [-0.05, 0) is 18.6 Å². The molecule has 0 aromatic heterocycles. The predicted octanol–water partition coefficient (Wildman–Crippen LogP) is 1.72. The third-order valence-electron chi connectivity index (χ3n) is 2.33. The number of nitrogens with one attached hydrogen (secondary N) is 2. The first-order chi connectivity index (χ1) is 9.55. The van der Waals surface area contributed by atoms with E-state index in [1.54, 1.807) is 30.3 Å². The first kappa shape index (κ1) is 15.7. The normalized spacial score (nSPS) is 10.2. The molecule has 0 amide bonds. The molecule has 0 heterocycles. The number of hydrogen-bond donors (Lipinski definition) is 2. The highest BCUT2D eigenvalue weighted by molar-refractivity contribution is 7.89. The monoisotopic (exact) mass is 290 g/mol. The van der Waals surface area contributed by atoms with Crippen LogP contribution in [0.5, 0.6) is 0 Å². The highest BCUT2D eigenvalue weighted by atomic mass is 32.2. The van der Waals surface area contributed by atoms with E-state index in [0.29, 0.717) is 18.7 Å². The van der Waals surface area contributed by atoms with Crippen LogP contribution >= 0.6 is 0 Å². The number of hydrogen-bond acceptors (Lipinski definition) is 5. The van der Waals surface area contributed by atoms with Crippen molar-refractivity contribution in [3.05, 3.63) is 36.0 Å². The van der Waals surface area contributed by atoms with Gasteiger partial charge in [0.25, 0.3) is 0 Å². The fourth-order valence-corrected chi connectivity index (χ4v) is 2.68. The Hall–Kier alpha value is -2.35. The van der Waals surface area contributed by atoms with Crippen LogP contribution in [0.3, 0.4) is 0 Å². The summed E-state index contributed by atoms with van der Waals surface area (Å²) in [5, 5.41) is 19.9. The smallest absolute Gasteiger partial charge is 0.242 e. The van der Waals surface area contributed by atoms with E-state index in [-0.39, 0.29) is 10.5 Å². The quantitative estimate of drug-likeness (QED) is 0.776. The van der Waals surface area contributed by atoms with Gasteiger partial charge in [0.2, 0.25) is 10.0 Å². The van der Waals surface area contributed by atoms with E-state index in [0.717, 1.165) is 0 Å². The Morgan fingerprint density at radius 1 is 1.30 bits per heavy atom. The molecule has 20 heavy (non-hydrogen) atoms. The van der Waals surface area contributed by atoms with Gasteiger partial charge in [0.15, 0.2) is 0 Å². The Morgan fingerprint density at radius 2 is 1.95 bits per heavy atom. The van der Waals surface area contributed by atoms with Crippen molar-refractivity contribution >= 4 is 15.7 Å². The lowest BCUT2D eigenvalue weighted by molar-refractivity contribution is 0.581. The number of allylic oxidation sites excluding steroid dienone is 1. The summed E-state index contributed by atoms with van der Waals surface area (Å²) in [5.41, 5.74) is 0.165. The minimum atomic E-state index is -3.62. The van der Waals surface area contributed by atoms with E-state index >= 15 is 0 Å². The summed E-state index contributed by atoms with van der Waals surface area (Å²) in [4.78, 5) is 0.0694. The molecule has 0 aliphatic carbocycles. The molecule has 104 valence electrons. The van der Waals surface area contributed by atoms with Crippen molar-refractivity contribution in [2.45, 2.75) is 18.2 Å². The summed E-state index contributed by atoms with van der Waals surface area (Å²) in [6.45, 7) is 2.20. The van der Waals surface area contributed by atoms with Crippen LogP contribution in [0.1, 0.15) is 13.3 Å². The van der Waals surface area contributed by atoms with Gasteiger partial charge in [0.05, 0.1) is 5.69 Å². The molecule has 0 unspecified atom stereocenters. The zero-order valence-electron chi connectivity index (χ0n) is 10.9. The van der Waals surface area contributed by atoms with Crippen LogP contribution in [-0.2, 0) is 10.0 Å². The average molecular weight is 290 g/mol. The molecule has 0 radical (unpaired) electrons. The van der Waals surface area contributed by atoms with Crippen LogP contribution in [0.4, 0.5) is 5.69 Å². The Morgan fingerprint density at radius 3 is 2.55 bits per heavy atom. The summed E-state index contributed by atoms with van der Waals surface area (Å²) in [6, 6.07) is 9.65. The van der Waals surface area contributed by atoms with Crippen LogP contribution in [0.25, 0.3) is 0 Å². The van der Waals surface area contributed by atoms with Gasteiger partial charge in [-0.25, -0.2) is 13.1 Å². The second kappa shape index (κ2) is 7.29. The van der Waals surface area contributed by atoms with E-state index < -0.39 is 10.0 Å². The molecular weight excluding hydrogens is 276 g/mol. The van der Waals surface area contributed by atoms with E-state index in [1.165, 1.54) is 12.3 Å². The lowest BCUT2D eigenvalue weighted by atomic mass is 10.3. The zero-order valence-corrected chi connectivity index (χ0v) is 11.7. The Labute approximate surface area is 118 Å². The Balaban J connectivity index is 3.10. The van der Waals surface area contributed by atoms with Crippen molar-refractivity contribution in [1.29, 1.82) is 10.5 Å². The van der Waals surface area contributed by atoms with Crippen molar-refractivity contribution in [3.8, 4) is 12.1 Å². The number of para-hydroxylation sites is 1. The van der Waals surface area contributed by atoms with Crippen molar-refractivity contribution in [1.82, 2.24) is 4.72 Å². The summed E-state index contributed by atoms with van der Waals surface area (Å²) in [5.74, 6) is 0. The molecular formula is C13H14N4O2S. The summed E-state index contributed by atoms with van der Waals surface area (Å²) in [6.07, 6.45) is 1.86. The molecule has 0 atom stereocenters. The molecule has 1 aromatic rings. The fourth-order valence-electron chi connectivity index (χ4n) is 1.37. The maximum absolute atomic E-state index is 12.1. The molecule has 0 fully saturated rings. The van der Waals surface area contributed by atoms with E-state index in [9.17, 15) is 8.42 Å². The average Bonchev–Trinajstić information content (AvgIpc) is 2.46. The van der Waals surface area contributed by atoms with Gasteiger partial charge >= 0.3 is 0 Å². The molecule has 0 aliphatic heterocycles. The second-order valence-electron chi connectivity index (χ2n) is 3.82. The number of nitrogens with zero attached hydrogens (tertiary/aromatic N) is 2. The predicted molar refractivity (Wildman–Crippen MR) is 74.9 cm³/mol. The van der Waals surface area contributed by atoms with Gasteiger partial charge in [-0.15, -0.1) is 0 Å². The summed E-state index contributed by atoms with van der Waals surface area (Å²) in [7, 11) is -3.62. The first-order valence-electron chi connectivity index (χ1n) is 5.90. The van der Waals surface area contributed by atoms with E-state index in [2.05, 4.69) is 10.0 Å². The second-order valence-corrected chi connectivity index (χ2v) is 5.56. The molecule has 1 rings (SSSR count). The van der Waals surface area contributed by atoms with Gasteiger partial charge in [-0.2, -0.15) is 10.5 Å². The lowest BCUT2D eigenvalue weighted by Crippen LogP contribution is -2.25. The number of nitriles is 2. The molecule has 0 saturated heterocycles. The van der Waals surface area contributed by atoms with Crippen molar-refractivity contribution in [3.63, 3.8) is 0 Å². The minimum absolute atomic E-state index is 0.0694. The summed E-state index contributed by atoms with van der Waals surface area (Å²) >= 11 is 0. The third kappa shape index (κ3) is 4.09. The van der Waals surface area contributed by atoms with Crippen LogP contribution in [0.15, 0.2) is 40.9 Å². The van der Waals surface area contributed by atoms with E-state index in [4.69, 9.17) is 10.5 Å². The standard InChI is InChI=1S/C13H14N4O2S/c1-2-7-17-20(18,19)13-6-4-3-5-12(13)16-10-11(8-14)9-15/h3-6,10,16-17H,2,7H2,1H3. The summed E-state index contributed by atoms with van der Waals surface area (Å²) < 4.78 is 26.7. The minimum Gasteiger partial charge on any atom is -0.359 e. The van der Waals surface area contributed by atoms with E-state index in [1.807, 2.05) is 6.92 Å². The van der Waals surface area contributed by atoms with Gasteiger partial charge in [0.1, 0.15) is 22.6 Å². The van der Waals surface area contributed by atoms with Crippen LogP contribution in [-0.4, -0.2) is 15.0 Å². The maximum atomic E-state index is 12.1. The third-order valence-corrected chi connectivity index (χ3v) is 3.85. The largest absolute Gasteiger partial charge is 0.359 e. The van der Waals surface area contributed by atoms with Crippen LogP contribution < -0.4 is 10.0 Å². The van der Waals surface area contributed by atoms with Crippen molar-refractivity contribution < 1.29 is 8.42 Å². The number of benzene rings is 1. The van der Waals surface area contributed by atoms with Crippen LogP contribution in [0, 0.1) is 22.7 Å². The van der Waals surface area contributed by atoms with Gasteiger partial charge in [-0.1, -0.05) is 19.1 Å². The zero-order chi connectivity index (χ0) is 15.0. The molecule has 2 N–H and O–H groups in total. The highest BCUT2D eigenvalue weighted by Crippen LogP contribution is 2.20. The number of anilines is 1. The molecule has 7 heteroatoms. The molecule has 6 nitrogen and oxygen atoms in total. The molecule has 0 aliphatic rings. The topological polar surface area (TPSA) is 106 Å². The van der Waals surface area contributed by atoms with Gasteiger partial charge < -0.3 is 5.32 Å². The Kier molecular flexibility index (Phi) is 5.73. The Bertz CT molecular complexity index is 665. The molecule has 0 saturated carbocycles. The highest BCUT2D eigenvalue weighted by Gasteiger charge is 2.16. The number of sulfonamides is 1. The lowest BCUT2D eigenvalue weighted by Gasteiger charge is -2.10. The molecule has 1 aromatic carbocycles. The molecule has 0 bridgehead atoms. The van der Waals surface area contributed by atoms with Gasteiger partial charge in [-0.3, -0.25) is 0 Å². The SMILES string of the molecule is CCCNS(=O)(=O)c1ccccc1NC=C(C#N)C#N. The number of rotatable bonds is 6. The molecule has 0 spiro atoms. The fraction of sp³-hybridized carbons (Fsp3) is 0.231. The van der Waals surface area contributed by atoms with Gasteiger partial charge in [0, 0.05) is 12.7 Å². The van der Waals surface area contributed by atoms with Crippen molar-refractivity contribution in [2.75, 3.05) is 11.9 Å². The van der Waals surface area contributed by atoms with Crippen molar-refractivity contribution in [2.24, 2.45) is 0 Å². The van der Waals surface area contributed by atoms with Crippen LogP contribution in [0.2, 0.25) is 0 Å². The maximum Gasteiger partial charge on any atom is 0.242 e.